The van der Waals surface area contributed by atoms with Crippen molar-refractivity contribution in [1.29, 1.82) is 0 Å². The third-order valence-electron chi connectivity index (χ3n) is 4.27. The van der Waals surface area contributed by atoms with Crippen molar-refractivity contribution in [1.82, 2.24) is 14.5 Å². The van der Waals surface area contributed by atoms with Crippen molar-refractivity contribution < 1.29 is 0 Å². The van der Waals surface area contributed by atoms with E-state index in [2.05, 4.69) is 27.6 Å². The van der Waals surface area contributed by atoms with Gasteiger partial charge >= 0.3 is 0 Å². The summed E-state index contributed by atoms with van der Waals surface area (Å²) in [5.41, 5.74) is 1.46. The van der Waals surface area contributed by atoms with Crippen LogP contribution in [0.25, 0.3) is 0 Å². The minimum Gasteiger partial charge on any atom is -0.332 e. The first kappa shape index (κ1) is 11.3. The largest absolute Gasteiger partial charge is 0.332 e. The Kier molecular flexibility index (Phi) is 3.19. The fourth-order valence-corrected chi connectivity index (χ4v) is 3.16. The number of aromatic nitrogens is 2. The molecule has 0 saturated carbocycles. The lowest BCUT2D eigenvalue weighted by Gasteiger charge is -2.22. The zero-order valence-corrected chi connectivity index (χ0v) is 10.9. The van der Waals surface area contributed by atoms with Crippen molar-refractivity contribution in [3.8, 4) is 0 Å². The topological polar surface area (TPSA) is 21.1 Å². The number of hydrogen-bond acceptors (Lipinski definition) is 2. The van der Waals surface area contributed by atoms with Gasteiger partial charge in [-0.25, -0.2) is 4.98 Å². The molecule has 94 valence electrons. The molecular weight excluding hydrogens is 210 g/mol. The predicted molar refractivity (Wildman–Crippen MR) is 69.1 cm³/mol. The first-order valence-electron chi connectivity index (χ1n) is 7.08. The molecule has 2 aliphatic heterocycles. The predicted octanol–water partition coefficient (Wildman–Crippen LogP) is 2.10. The van der Waals surface area contributed by atoms with Gasteiger partial charge in [-0.15, -0.1) is 0 Å². The maximum absolute atomic E-state index is 4.63. The van der Waals surface area contributed by atoms with Crippen LogP contribution in [0.2, 0.25) is 0 Å². The fourth-order valence-electron chi connectivity index (χ4n) is 3.16. The minimum absolute atomic E-state index is 0.839. The van der Waals surface area contributed by atoms with E-state index in [9.17, 15) is 0 Å². The van der Waals surface area contributed by atoms with Crippen molar-refractivity contribution in [2.45, 2.75) is 45.6 Å². The van der Waals surface area contributed by atoms with Gasteiger partial charge in [0, 0.05) is 31.4 Å². The number of rotatable bonds is 3. The van der Waals surface area contributed by atoms with Crippen molar-refractivity contribution in [3.05, 3.63) is 17.7 Å². The molecule has 0 radical (unpaired) electrons. The first-order valence-corrected chi connectivity index (χ1v) is 7.08. The average molecular weight is 233 g/mol. The summed E-state index contributed by atoms with van der Waals surface area (Å²) in [7, 11) is 0. The van der Waals surface area contributed by atoms with Crippen LogP contribution < -0.4 is 0 Å². The van der Waals surface area contributed by atoms with Crippen molar-refractivity contribution in [3.63, 3.8) is 0 Å². The summed E-state index contributed by atoms with van der Waals surface area (Å²) in [5, 5.41) is 0. The molecule has 1 aromatic heterocycles. The normalized spacial score (nSPS) is 25.1. The zero-order valence-electron chi connectivity index (χ0n) is 10.9. The third-order valence-corrected chi connectivity index (χ3v) is 4.27. The molecule has 0 N–H and O–H groups in total. The maximum Gasteiger partial charge on any atom is 0.110 e. The summed E-state index contributed by atoms with van der Waals surface area (Å²) in [6, 6.07) is 0. The molecule has 3 rings (SSSR count). The van der Waals surface area contributed by atoms with E-state index in [0.29, 0.717) is 0 Å². The summed E-state index contributed by atoms with van der Waals surface area (Å²) < 4.78 is 2.47. The SMILES string of the molecule is CC1CCn2c(cnc2CCN2CCCC2)C1. The Morgan fingerprint density at radius 2 is 2.12 bits per heavy atom. The molecule has 1 aromatic rings. The van der Waals surface area contributed by atoms with E-state index in [1.807, 2.05) is 0 Å². The van der Waals surface area contributed by atoms with E-state index in [1.165, 1.54) is 63.4 Å². The van der Waals surface area contributed by atoms with Gasteiger partial charge < -0.3 is 9.47 Å². The van der Waals surface area contributed by atoms with Gasteiger partial charge in [-0.2, -0.15) is 0 Å². The molecule has 1 atom stereocenters. The van der Waals surface area contributed by atoms with Crippen LogP contribution in [0.5, 0.6) is 0 Å². The molecule has 17 heavy (non-hydrogen) atoms. The lowest BCUT2D eigenvalue weighted by molar-refractivity contribution is 0.334. The quantitative estimate of drug-likeness (QED) is 0.797. The Bertz CT molecular complexity index is 377. The Balaban J connectivity index is 1.63. The van der Waals surface area contributed by atoms with E-state index in [0.717, 1.165) is 12.3 Å². The highest BCUT2D eigenvalue weighted by molar-refractivity contribution is 5.09. The molecule has 3 heteroatoms. The number of imidazole rings is 1. The van der Waals surface area contributed by atoms with E-state index in [1.54, 1.807) is 0 Å². The van der Waals surface area contributed by atoms with Gasteiger partial charge in [-0.3, -0.25) is 0 Å². The third kappa shape index (κ3) is 2.39. The molecule has 0 aliphatic carbocycles. The Labute approximate surface area is 104 Å². The van der Waals surface area contributed by atoms with Crippen LogP contribution in [0.1, 0.15) is 37.7 Å². The number of fused-ring (bicyclic) bond motifs is 1. The van der Waals surface area contributed by atoms with Gasteiger partial charge in [0.05, 0.1) is 0 Å². The highest BCUT2D eigenvalue weighted by atomic mass is 15.1. The van der Waals surface area contributed by atoms with Crippen LogP contribution in [-0.2, 0) is 19.4 Å². The Morgan fingerprint density at radius 1 is 1.29 bits per heavy atom. The minimum atomic E-state index is 0.839. The highest BCUT2D eigenvalue weighted by Crippen LogP contribution is 2.21. The van der Waals surface area contributed by atoms with Crippen molar-refractivity contribution >= 4 is 0 Å². The van der Waals surface area contributed by atoms with Crippen molar-refractivity contribution in [2.24, 2.45) is 5.92 Å². The fraction of sp³-hybridized carbons (Fsp3) is 0.786. The van der Waals surface area contributed by atoms with Crippen LogP contribution in [0.4, 0.5) is 0 Å². The van der Waals surface area contributed by atoms with Crippen LogP contribution in [0, 0.1) is 5.92 Å². The molecule has 0 bridgehead atoms. The lowest BCUT2D eigenvalue weighted by atomic mass is 9.98. The van der Waals surface area contributed by atoms with Gasteiger partial charge in [0.25, 0.3) is 0 Å². The molecule has 2 aliphatic rings. The van der Waals surface area contributed by atoms with Gasteiger partial charge in [0.2, 0.25) is 0 Å². The molecule has 1 unspecified atom stereocenters. The first-order chi connectivity index (χ1) is 8.33. The summed E-state index contributed by atoms with van der Waals surface area (Å²) in [5.74, 6) is 2.16. The van der Waals surface area contributed by atoms with Crippen LogP contribution >= 0.6 is 0 Å². The molecule has 0 spiro atoms. The second-order valence-electron chi connectivity index (χ2n) is 5.71. The number of likely N-dealkylation sites (tertiary alicyclic amines) is 1. The zero-order chi connectivity index (χ0) is 11.7. The van der Waals surface area contributed by atoms with Gasteiger partial charge in [-0.1, -0.05) is 6.92 Å². The molecule has 3 heterocycles. The van der Waals surface area contributed by atoms with Gasteiger partial charge in [-0.05, 0) is 44.7 Å². The van der Waals surface area contributed by atoms with E-state index >= 15 is 0 Å². The molecule has 1 fully saturated rings. The van der Waals surface area contributed by atoms with Gasteiger partial charge in [0.15, 0.2) is 0 Å². The summed E-state index contributed by atoms with van der Waals surface area (Å²) in [4.78, 5) is 7.21. The highest BCUT2D eigenvalue weighted by Gasteiger charge is 2.19. The smallest absolute Gasteiger partial charge is 0.110 e. The maximum atomic E-state index is 4.63. The monoisotopic (exact) mass is 233 g/mol. The summed E-state index contributed by atoms with van der Waals surface area (Å²) in [6.07, 6.45) is 8.55. The Hall–Kier alpha value is -0.830. The summed E-state index contributed by atoms with van der Waals surface area (Å²) >= 11 is 0. The van der Waals surface area contributed by atoms with Gasteiger partial charge in [0.1, 0.15) is 5.82 Å². The van der Waals surface area contributed by atoms with E-state index < -0.39 is 0 Å². The number of nitrogens with zero attached hydrogens (tertiary/aromatic N) is 3. The van der Waals surface area contributed by atoms with Crippen LogP contribution in [0.15, 0.2) is 6.20 Å². The molecule has 1 saturated heterocycles. The lowest BCUT2D eigenvalue weighted by Crippen LogP contribution is -2.24. The molecular formula is C14H23N3. The van der Waals surface area contributed by atoms with E-state index in [4.69, 9.17) is 0 Å². The molecule has 3 nitrogen and oxygen atoms in total. The summed E-state index contributed by atoms with van der Waals surface area (Å²) in [6.45, 7) is 7.33. The molecule has 0 amide bonds. The van der Waals surface area contributed by atoms with E-state index in [-0.39, 0.29) is 0 Å². The second-order valence-corrected chi connectivity index (χ2v) is 5.71. The van der Waals surface area contributed by atoms with Crippen molar-refractivity contribution in [2.75, 3.05) is 19.6 Å². The number of hydrogen-bond donors (Lipinski definition) is 0. The van der Waals surface area contributed by atoms with Crippen LogP contribution in [-0.4, -0.2) is 34.1 Å². The average Bonchev–Trinajstić information content (AvgIpc) is 2.94. The molecule has 0 aromatic carbocycles. The Morgan fingerprint density at radius 3 is 2.94 bits per heavy atom. The van der Waals surface area contributed by atoms with Crippen LogP contribution in [0.3, 0.4) is 0 Å². The second kappa shape index (κ2) is 4.81. The standard InChI is InChI=1S/C14H23N3/c1-12-4-9-17-13(10-12)11-15-14(17)5-8-16-6-2-3-7-16/h11-12H,2-10H2,1H3.